The van der Waals surface area contributed by atoms with Crippen molar-refractivity contribution in [1.82, 2.24) is 5.32 Å². The third kappa shape index (κ3) is 3.24. The minimum atomic E-state index is 0.306. The Hall–Kier alpha value is -0.0400. The lowest BCUT2D eigenvalue weighted by molar-refractivity contribution is 0.408. The molecule has 0 aromatic heterocycles. The van der Waals surface area contributed by atoms with Gasteiger partial charge in [0.25, 0.3) is 0 Å². The fourth-order valence-corrected chi connectivity index (χ4v) is 1.50. The summed E-state index contributed by atoms with van der Waals surface area (Å²) >= 11 is 0. The summed E-state index contributed by atoms with van der Waals surface area (Å²) in [6.07, 6.45) is 2.83. The van der Waals surface area contributed by atoms with E-state index in [4.69, 9.17) is 0 Å². The van der Waals surface area contributed by atoms with E-state index < -0.39 is 0 Å². The fraction of sp³-hybridized carbons (Fsp3) is 1.00. The Bertz CT molecular complexity index is 123. The molecule has 2 atom stereocenters. The number of nitrogens with one attached hydrogen (secondary N) is 1. The summed E-state index contributed by atoms with van der Waals surface area (Å²) in [5.74, 6) is 2.02. The predicted molar refractivity (Wildman–Crippen MR) is 49.6 cm³/mol. The molecule has 1 fully saturated rings. The molecule has 0 aliphatic heterocycles. The standard InChI is InChI=1S/C10H21N/c1-5-8-6-9(8)7-11-10(2,3)4/h8-9,11H,5-7H2,1-4H3/t8-,9+/m1/s1. The van der Waals surface area contributed by atoms with E-state index in [2.05, 4.69) is 33.0 Å². The lowest BCUT2D eigenvalue weighted by Crippen LogP contribution is -2.37. The van der Waals surface area contributed by atoms with Crippen LogP contribution in [-0.2, 0) is 0 Å². The molecule has 1 aliphatic rings. The Kier molecular flexibility index (Phi) is 2.58. The SMILES string of the molecule is CC[C@@H]1C[C@H]1CNC(C)(C)C. The van der Waals surface area contributed by atoms with E-state index in [0.29, 0.717) is 5.54 Å². The minimum absolute atomic E-state index is 0.306. The summed E-state index contributed by atoms with van der Waals surface area (Å²) in [7, 11) is 0. The van der Waals surface area contributed by atoms with E-state index in [0.717, 1.165) is 11.8 Å². The van der Waals surface area contributed by atoms with Gasteiger partial charge in [0.2, 0.25) is 0 Å². The molecule has 0 radical (unpaired) electrons. The summed E-state index contributed by atoms with van der Waals surface area (Å²) in [5.41, 5.74) is 0.306. The normalized spacial score (nSPS) is 30.5. The Morgan fingerprint density at radius 2 is 1.91 bits per heavy atom. The van der Waals surface area contributed by atoms with Gasteiger partial charge in [0, 0.05) is 5.54 Å². The van der Waals surface area contributed by atoms with Crippen molar-refractivity contribution in [1.29, 1.82) is 0 Å². The highest BCUT2D eigenvalue weighted by Gasteiger charge is 2.35. The Balaban J connectivity index is 2.06. The molecule has 0 amide bonds. The maximum absolute atomic E-state index is 3.55. The molecule has 1 saturated carbocycles. The van der Waals surface area contributed by atoms with Crippen LogP contribution in [0.4, 0.5) is 0 Å². The molecule has 1 N–H and O–H groups in total. The van der Waals surface area contributed by atoms with Crippen LogP contribution in [0.2, 0.25) is 0 Å². The smallest absolute Gasteiger partial charge is 0.00966 e. The van der Waals surface area contributed by atoms with Gasteiger partial charge in [-0.1, -0.05) is 13.3 Å². The van der Waals surface area contributed by atoms with Gasteiger partial charge in [0.15, 0.2) is 0 Å². The summed E-state index contributed by atoms with van der Waals surface area (Å²) in [6.45, 7) is 10.2. The highest BCUT2D eigenvalue weighted by Crippen LogP contribution is 2.40. The lowest BCUT2D eigenvalue weighted by atomic mass is 10.1. The second-order valence-electron chi connectivity index (χ2n) is 4.80. The van der Waals surface area contributed by atoms with Gasteiger partial charge in [0.1, 0.15) is 0 Å². The van der Waals surface area contributed by atoms with Crippen molar-refractivity contribution in [3.63, 3.8) is 0 Å². The molecular weight excluding hydrogens is 134 g/mol. The van der Waals surface area contributed by atoms with Gasteiger partial charge >= 0.3 is 0 Å². The molecule has 66 valence electrons. The molecular formula is C10H21N. The first-order valence-corrected chi connectivity index (χ1v) is 4.78. The number of rotatable bonds is 3. The second kappa shape index (κ2) is 3.14. The van der Waals surface area contributed by atoms with Gasteiger partial charge in [-0.05, 0) is 45.6 Å². The third-order valence-corrected chi connectivity index (χ3v) is 2.49. The molecule has 1 heteroatoms. The lowest BCUT2D eigenvalue weighted by Gasteiger charge is -2.20. The van der Waals surface area contributed by atoms with Gasteiger partial charge in [-0.2, -0.15) is 0 Å². The van der Waals surface area contributed by atoms with Gasteiger partial charge in [0.05, 0.1) is 0 Å². The van der Waals surface area contributed by atoms with Crippen molar-refractivity contribution in [3.05, 3.63) is 0 Å². The minimum Gasteiger partial charge on any atom is -0.312 e. The summed E-state index contributed by atoms with van der Waals surface area (Å²) in [4.78, 5) is 0. The average molecular weight is 155 g/mol. The van der Waals surface area contributed by atoms with Crippen LogP contribution >= 0.6 is 0 Å². The van der Waals surface area contributed by atoms with Gasteiger partial charge in [-0.25, -0.2) is 0 Å². The van der Waals surface area contributed by atoms with Crippen LogP contribution in [0.15, 0.2) is 0 Å². The third-order valence-electron chi connectivity index (χ3n) is 2.49. The van der Waals surface area contributed by atoms with Crippen LogP contribution in [0.25, 0.3) is 0 Å². The van der Waals surface area contributed by atoms with Crippen LogP contribution in [0, 0.1) is 11.8 Å². The van der Waals surface area contributed by atoms with Crippen LogP contribution in [0.1, 0.15) is 40.5 Å². The zero-order chi connectivity index (χ0) is 8.48. The number of hydrogen-bond donors (Lipinski definition) is 1. The van der Waals surface area contributed by atoms with Crippen LogP contribution in [0.5, 0.6) is 0 Å². The molecule has 0 aromatic rings. The van der Waals surface area contributed by atoms with E-state index in [-0.39, 0.29) is 0 Å². The number of hydrogen-bond acceptors (Lipinski definition) is 1. The van der Waals surface area contributed by atoms with E-state index in [9.17, 15) is 0 Å². The highest BCUT2D eigenvalue weighted by atomic mass is 15.0. The predicted octanol–water partition coefficient (Wildman–Crippen LogP) is 2.42. The zero-order valence-corrected chi connectivity index (χ0v) is 8.28. The van der Waals surface area contributed by atoms with Crippen molar-refractivity contribution in [2.75, 3.05) is 6.54 Å². The van der Waals surface area contributed by atoms with Crippen molar-refractivity contribution in [3.8, 4) is 0 Å². The fourth-order valence-electron chi connectivity index (χ4n) is 1.50. The first kappa shape index (κ1) is 9.05. The molecule has 0 saturated heterocycles. The van der Waals surface area contributed by atoms with E-state index in [1.165, 1.54) is 19.4 Å². The van der Waals surface area contributed by atoms with Crippen molar-refractivity contribution < 1.29 is 0 Å². The molecule has 1 rings (SSSR count). The van der Waals surface area contributed by atoms with Crippen LogP contribution < -0.4 is 5.32 Å². The highest BCUT2D eigenvalue weighted by molar-refractivity contribution is 4.88. The molecule has 0 bridgehead atoms. The molecule has 0 heterocycles. The second-order valence-corrected chi connectivity index (χ2v) is 4.80. The topological polar surface area (TPSA) is 12.0 Å². The zero-order valence-electron chi connectivity index (χ0n) is 8.28. The first-order valence-electron chi connectivity index (χ1n) is 4.78. The first-order chi connectivity index (χ1) is 5.03. The monoisotopic (exact) mass is 155 g/mol. The molecule has 11 heavy (non-hydrogen) atoms. The van der Waals surface area contributed by atoms with Crippen LogP contribution in [-0.4, -0.2) is 12.1 Å². The van der Waals surface area contributed by atoms with E-state index in [1.54, 1.807) is 0 Å². The Morgan fingerprint density at radius 3 is 2.27 bits per heavy atom. The summed E-state index contributed by atoms with van der Waals surface area (Å²) in [6, 6.07) is 0. The quantitative estimate of drug-likeness (QED) is 0.660. The van der Waals surface area contributed by atoms with Gasteiger partial charge < -0.3 is 5.32 Å². The van der Waals surface area contributed by atoms with E-state index in [1.807, 2.05) is 0 Å². The Labute approximate surface area is 70.6 Å². The molecule has 0 aromatic carbocycles. The van der Waals surface area contributed by atoms with E-state index >= 15 is 0 Å². The summed E-state index contributed by atoms with van der Waals surface area (Å²) < 4.78 is 0. The van der Waals surface area contributed by atoms with Crippen molar-refractivity contribution in [2.24, 2.45) is 11.8 Å². The maximum Gasteiger partial charge on any atom is 0.00966 e. The maximum atomic E-state index is 3.55. The average Bonchev–Trinajstić information content (AvgIpc) is 2.60. The molecule has 0 unspecified atom stereocenters. The molecule has 0 spiro atoms. The van der Waals surface area contributed by atoms with Crippen LogP contribution in [0.3, 0.4) is 0 Å². The largest absolute Gasteiger partial charge is 0.312 e. The molecule has 1 aliphatic carbocycles. The van der Waals surface area contributed by atoms with Crippen molar-refractivity contribution in [2.45, 2.75) is 46.1 Å². The Morgan fingerprint density at radius 1 is 1.27 bits per heavy atom. The summed E-state index contributed by atoms with van der Waals surface area (Å²) in [5, 5.41) is 3.55. The van der Waals surface area contributed by atoms with Gasteiger partial charge in [-0.15, -0.1) is 0 Å². The molecule has 1 nitrogen and oxygen atoms in total. The van der Waals surface area contributed by atoms with Gasteiger partial charge in [-0.3, -0.25) is 0 Å². The van der Waals surface area contributed by atoms with Crippen molar-refractivity contribution >= 4 is 0 Å².